The summed E-state index contributed by atoms with van der Waals surface area (Å²) in [7, 11) is 1.76. The third-order valence-corrected chi connectivity index (χ3v) is 3.73. The first kappa shape index (κ1) is 17.9. The predicted octanol–water partition coefficient (Wildman–Crippen LogP) is 1.70. The summed E-state index contributed by atoms with van der Waals surface area (Å²) in [4.78, 5) is 12.0. The van der Waals surface area contributed by atoms with Crippen LogP contribution in [0.1, 0.15) is 25.0 Å². The number of hydrogen-bond acceptors (Lipinski definition) is 3. The van der Waals surface area contributed by atoms with Crippen molar-refractivity contribution in [2.75, 3.05) is 6.54 Å². The van der Waals surface area contributed by atoms with Crippen LogP contribution in [0, 0.1) is 5.82 Å². The summed E-state index contributed by atoms with van der Waals surface area (Å²) in [5, 5.41) is 19.8. The van der Waals surface area contributed by atoms with E-state index >= 15 is 0 Å². The van der Waals surface area contributed by atoms with E-state index in [4.69, 9.17) is 0 Å². The Kier molecular flexibility index (Phi) is 5.56. The molecule has 1 aromatic heterocycles. The van der Waals surface area contributed by atoms with Crippen molar-refractivity contribution in [1.82, 2.24) is 20.4 Å². The molecule has 1 heterocycles. The van der Waals surface area contributed by atoms with Crippen LogP contribution in [-0.4, -0.2) is 33.5 Å². The third-order valence-electron chi connectivity index (χ3n) is 3.73. The largest absolute Gasteiger partial charge is 0.383 e. The van der Waals surface area contributed by atoms with Crippen LogP contribution in [0.3, 0.4) is 0 Å². The fourth-order valence-electron chi connectivity index (χ4n) is 2.40. The maximum absolute atomic E-state index is 13.2. The Bertz CT molecular complexity index is 699. The van der Waals surface area contributed by atoms with Gasteiger partial charge < -0.3 is 15.7 Å². The third kappa shape index (κ3) is 5.06. The van der Waals surface area contributed by atoms with E-state index in [1.807, 2.05) is 13.0 Å². The number of rotatable bonds is 6. The van der Waals surface area contributed by atoms with E-state index in [1.165, 1.54) is 12.1 Å². The standard InChI is InChI=1S/C17H23FN4O2/c1-12(7-13-5-4-6-15(18)8-13)21-16(23)19-11-17(2,24)14-9-20-22(3)10-14/h4-6,8-10,12,24H,7,11H2,1-3H3,(H2,19,21,23). The quantitative estimate of drug-likeness (QED) is 0.752. The van der Waals surface area contributed by atoms with Crippen molar-refractivity contribution in [2.24, 2.45) is 7.05 Å². The van der Waals surface area contributed by atoms with Crippen LogP contribution in [0.2, 0.25) is 0 Å². The Labute approximate surface area is 140 Å². The number of aryl methyl sites for hydroxylation is 1. The van der Waals surface area contributed by atoms with Gasteiger partial charge >= 0.3 is 6.03 Å². The molecule has 0 aliphatic carbocycles. The zero-order valence-corrected chi connectivity index (χ0v) is 14.1. The monoisotopic (exact) mass is 334 g/mol. The predicted molar refractivity (Wildman–Crippen MR) is 88.9 cm³/mol. The first-order chi connectivity index (χ1) is 11.3. The van der Waals surface area contributed by atoms with E-state index in [1.54, 1.807) is 37.1 Å². The van der Waals surface area contributed by atoms with Crippen molar-refractivity contribution in [3.8, 4) is 0 Å². The summed E-state index contributed by atoms with van der Waals surface area (Å²) >= 11 is 0. The van der Waals surface area contributed by atoms with Gasteiger partial charge in [-0.2, -0.15) is 5.10 Å². The van der Waals surface area contributed by atoms with E-state index in [9.17, 15) is 14.3 Å². The van der Waals surface area contributed by atoms with Gasteiger partial charge in [-0.15, -0.1) is 0 Å². The van der Waals surface area contributed by atoms with Crippen molar-refractivity contribution < 1.29 is 14.3 Å². The molecule has 0 spiro atoms. The summed E-state index contributed by atoms with van der Waals surface area (Å²) in [6.45, 7) is 3.50. The molecule has 7 heteroatoms. The molecular formula is C17H23FN4O2. The average molecular weight is 334 g/mol. The number of urea groups is 1. The molecule has 0 aliphatic heterocycles. The van der Waals surface area contributed by atoms with Crippen LogP contribution in [0.25, 0.3) is 0 Å². The van der Waals surface area contributed by atoms with Crippen LogP contribution in [-0.2, 0) is 19.1 Å². The first-order valence-corrected chi connectivity index (χ1v) is 7.76. The van der Waals surface area contributed by atoms with E-state index < -0.39 is 5.60 Å². The van der Waals surface area contributed by atoms with Crippen LogP contribution in [0.15, 0.2) is 36.7 Å². The molecule has 2 unspecified atom stereocenters. The zero-order valence-electron chi connectivity index (χ0n) is 14.1. The molecule has 0 aliphatic rings. The molecule has 2 amide bonds. The van der Waals surface area contributed by atoms with Gasteiger partial charge in [-0.05, 0) is 38.0 Å². The number of aromatic nitrogens is 2. The van der Waals surface area contributed by atoms with Crippen LogP contribution < -0.4 is 10.6 Å². The van der Waals surface area contributed by atoms with Crippen LogP contribution in [0.4, 0.5) is 9.18 Å². The molecule has 2 aromatic rings. The molecule has 0 radical (unpaired) electrons. The number of benzene rings is 1. The molecule has 2 atom stereocenters. The molecular weight excluding hydrogens is 311 g/mol. The molecule has 0 bridgehead atoms. The lowest BCUT2D eigenvalue weighted by Crippen LogP contribution is -2.46. The minimum absolute atomic E-state index is 0.0528. The normalized spacial score (nSPS) is 14.7. The summed E-state index contributed by atoms with van der Waals surface area (Å²) in [5.74, 6) is -0.295. The second kappa shape index (κ2) is 7.44. The number of nitrogens with zero attached hydrogens (tertiary/aromatic N) is 2. The van der Waals surface area contributed by atoms with Gasteiger partial charge in [-0.25, -0.2) is 9.18 Å². The number of aliphatic hydroxyl groups is 1. The lowest BCUT2D eigenvalue weighted by Gasteiger charge is -2.23. The van der Waals surface area contributed by atoms with Gasteiger partial charge in [-0.1, -0.05) is 12.1 Å². The number of hydrogen-bond donors (Lipinski definition) is 3. The van der Waals surface area contributed by atoms with Crippen molar-refractivity contribution in [2.45, 2.75) is 31.9 Å². The summed E-state index contributed by atoms with van der Waals surface area (Å²) < 4.78 is 14.7. The second-order valence-electron chi connectivity index (χ2n) is 6.24. The number of nitrogens with one attached hydrogen (secondary N) is 2. The molecule has 24 heavy (non-hydrogen) atoms. The number of carbonyl (C=O) groups excluding carboxylic acids is 1. The summed E-state index contributed by atoms with van der Waals surface area (Å²) in [6.07, 6.45) is 3.78. The first-order valence-electron chi connectivity index (χ1n) is 7.76. The highest BCUT2D eigenvalue weighted by atomic mass is 19.1. The SMILES string of the molecule is CC(Cc1cccc(F)c1)NC(=O)NCC(C)(O)c1cnn(C)c1. The van der Waals surface area contributed by atoms with Crippen molar-refractivity contribution in [1.29, 1.82) is 0 Å². The lowest BCUT2D eigenvalue weighted by molar-refractivity contribution is 0.0592. The Morgan fingerprint density at radius 2 is 2.25 bits per heavy atom. The van der Waals surface area contributed by atoms with Crippen molar-refractivity contribution >= 4 is 6.03 Å². The summed E-state index contributed by atoms with van der Waals surface area (Å²) in [5.41, 5.74) is 0.223. The number of amides is 2. The van der Waals surface area contributed by atoms with Crippen LogP contribution in [0.5, 0.6) is 0 Å². The van der Waals surface area contributed by atoms with E-state index in [-0.39, 0.29) is 24.4 Å². The number of halogens is 1. The topological polar surface area (TPSA) is 79.2 Å². The van der Waals surface area contributed by atoms with Gasteiger partial charge in [0.1, 0.15) is 11.4 Å². The molecule has 130 valence electrons. The molecule has 1 aromatic carbocycles. The van der Waals surface area contributed by atoms with Gasteiger partial charge in [0.05, 0.1) is 12.7 Å². The Balaban J connectivity index is 1.82. The minimum atomic E-state index is -1.21. The van der Waals surface area contributed by atoms with Gasteiger partial charge in [0.2, 0.25) is 0 Å². The van der Waals surface area contributed by atoms with E-state index in [2.05, 4.69) is 15.7 Å². The highest BCUT2D eigenvalue weighted by molar-refractivity contribution is 5.74. The van der Waals surface area contributed by atoms with Gasteiger partial charge in [0.15, 0.2) is 0 Å². The second-order valence-corrected chi connectivity index (χ2v) is 6.24. The van der Waals surface area contributed by atoms with Gasteiger partial charge in [-0.3, -0.25) is 4.68 Å². The molecule has 6 nitrogen and oxygen atoms in total. The lowest BCUT2D eigenvalue weighted by atomic mass is 10.00. The van der Waals surface area contributed by atoms with Gasteiger partial charge in [0.25, 0.3) is 0 Å². The molecule has 3 N–H and O–H groups in total. The Morgan fingerprint density at radius 3 is 2.88 bits per heavy atom. The highest BCUT2D eigenvalue weighted by Crippen LogP contribution is 2.18. The molecule has 2 rings (SSSR count). The maximum atomic E-state index is 13.2. The Morgan fingerprint density at radius 1 is 1.50 bits per heavy atom. The average Bonchev–Trinajstić information content (AvgIpc) is 2.93. The highest BCUT2D eigenvalue weighted by Gasteiger charge is 2.25. The van der Waals surface area contributed by atoms with Gasteiger partial charge in [0, 0.05) is 24.8 Å². The smallest absolute Gasteiger partial charge is 0.315 e. The molecule has 0 saturated carbocycles. The summed E-state index contributed by atoms with van der Waals surface area (Å²) in [6, 6.07) is 5.73. The van der Waals surface area contributed by atoms with E-state index in [0.29, 0.717) is 12.0 Å². The minimum Gasteiger partial charge on any atom is -0.383 e. The molecule has 0 saturated heterocycles. The van der Waals surface area contributed by atoms with E-state index in [0.717, 1.165) is 5.56 Å². The maximum Gasteiger partial charge on any atom is 0.315 e. The Hall–Kier alpha value is -2.41. The fourth-order valence-corrected chi connectivity index (χ4v) is 2.40. The number of carbonyl (C=O) groups is 1. The fraction of sp³-hybridized carbons (Fsp3) is 0.412. The molecule has 0 fully saturated rings. The zero-order chi connectivity index (χ0) is 17.7. The van der Waals surface area contributed by atoms with Crippen LogP contribution >= 0.6 is 0 Å². The van der Waals surface area contributed by atoms with Crippen molar-refractivity contribution in [3.05, 3.63) is 53.6 Å². The van der Waals surface area contributed by atoms with Crippen molar-refractivity contribution in [3.63, 3.8) is 0 Å².